The predicted molar refractivity (Wildman–Crippen MR) is 153 cm³/mol. The molecule has 1 fully saturated rings. The molecule has 0 spiro atoms. The van der Waals surface area contributed by atoms with Gasteiger partial charge in [0.1, 0.15) is 0 Å². The zero-order valence-electron chi connectivity index (χ0n) is 24.3. The third-order valence-electron chi connectivity index (χ3n) is 7.20. The van der Waals surface area contributed by atoms with Gasteiger partial charge in [0.25, 0.3) is 0 Å². The Morgan fingerprint density at radius 3 is 2.13 bits per heavy atom. The summed E-state index contributed by atoms with van der Waals surface area (Å²) in [5, 5.41) is 0. The lowest BCUT2D eigenvalue weighted by atomic mass is 9.95. The quantitative estimate of drug-likeness (QED) is 0.180. The summed E-state index contributed by atoms with van der Waals surface area (Å²) in [5.41, 5.74) is 3.38. The highest BCUT2D eigenvalue weighted by molar-refractivity contribution is 5.92. The fourth-order valence-corrected chi connectivity index (χ4v) is 4.65. The van der Waals surface area contributed by atoms with Crippen LogP contribution in [0.15, 0.2) is 48.5 Å². The fraction of sp³-hybridized carbons (Fsp3) is 0.576. The Bertz CT molecular complexity index is 1010. The number of hydrogen-bond donors (Lipinski definition) is 0. The highest BCUT2D eigenvalue weighted by Gasteiger charge is 2.29. The Morgan fingerprint density at radius 2 is 1.51 bits per heavy atom. The highest BCUT2D eigenvalue weighted by Crippen LogP contribution is 2.33. The van der Waals surface area contributed by atoms with E-state index in [1.807, 2.05) is 50.2 Å². The zero-order valence-corrected chi connectivity index (χ0v) is 24.3. The maximum absolute atomic E-state index is 12.5. The fourth-order valence-electron chi connectivity index (χ4n) is 4.65. The van der Waals surface area contributed by atoms with E-state index in [1.165, 1.54) is 45.4 Å². The minimum atomic E-state index is -0.957. The molecule has 3 rings (SSSR count). The number of carbonyl (C=O) groups is 2. The summed E-state index contributed by atoms with van der Waals surface area (Å²) in [6.45, 7) is 10.9. The smallest absolute Gasteiger partial charge is 0.347 e. The van der Waals surface area contributed by atoms with Gasteiger partial charge in [-0.3, -0.25) is 0 Å². The molecular weight excluding hydrogens is 492 g/mol. The Labute approximate surface area is 234 Å². The molecule has 39 heavy (non-hydrogen) atoms. The van der Waals surface area contributed by atoms with Crippen LogP contribution in [0.5, 0.6) is 0 Å². The molecule has 0 aromatic heterocycles. The van der Waals surface area contributed by atoms with Crippen molar-refractivity contribution < 1.29 is 28.5 Å². The first kappa shape index (κ1) is 30.8. The maximum Gasteiger partial charge on any atom is 0.347 e. The van der Waals surface area contributed by atoms with Crippen molar-refractivity contribution in [1.29, 1.82) is 0 Å². The summed E-state index contributed by atoms with van der Waals surface area (Å²) >= 11 is 0. The summed E-state index contributed by atoms with van der Waals surface area (Å²) in [7, 11) is 0. The average molecular weight is 539 g/mol. The van der Waals surface area contributed by atoms with Crippen molar-refractivity contribution in [3.05, 3.63) is 59.7 Å². The van der Waals surface area contributed by atoms with E-state index < -0.39 is 18.0 Å². The summed E-state index contributed by atoms with van der Waals surface area (Å²) < 4.78 is 22.8. The molecule has 0 amide bonds. The number of esters is 2. The van der Waals surface area contributed by atoms with Crippen molar-refractivity contribution in [2.45, 2.75) is 98.1 Å². The molecule has 4 unspecified atom stereocenters. The zero-order chi connectivity index (χ0) is 28.2. The molecule has 2 aromatic carbocycles. The van der Waals surface area contributed by atoms with Crippen LogP contribution in [0.1, 0.15) is 102 Å². The van der Waals surface area contributed by atoms with Gasteiger partial charge in [-0.25, -0.2) is 9.59 Å². The van der Waals surface area contributed by atoms with E-state index in [9.17, 15) is 9.59 Å². The molecular formula is C33H46O6. The second kappa shape index (κ2) is 15.8. The molecule has 0 bridgehead atoms. The van der Waals surface area contributed by atoms with Crippen LogP contribution >= 0.6 is 0 Å². The van der Waals surface area contributed by atoms with Gasteiger partial charge in [0, 0.05) is 11.5 Å². The van der Waals surface area contributed by atoms with Crippen LogP contribution in [0.25, 0.3) is 11.1 Å². The average Bonchev–Trinajstić information content (AvgIpc) is 2.94. The molecule has 1 heterocycles. The lowest BCUT2D eigenvalue weighted by Gasteiger charge is -2.35. The topological polar surface area (TPSA) is 71.1 Å². The van der Waals surface area contributed by atoms with Crippen molar-refractivity contribution in [2.75, 3.05) is 13.2 Å². The SMILES string of the molecule is CCCCCCCCC1COC(c2ccc(-c3ccc(C(=O)OC(C)C(=O)OCC(C)C)cc3)cc2)OC1C. The highest BCUT2D eigenvalue weighted by atomic mass is 16.7. The molecule has 6 nitrogen and oxygen atoms in total. The van der Waals surface area contributed by atoms with Gasteiger partial charge in [-0.05, 0) is 49.4 Å². The monoisotopic (exact) mass is 538 g/mol. The lowest BCUT2D eigenvalue weighted by molar-refractivity contribution is -0.237. The van der Waals surface area contributed by atoms with Gasteiger partial charge in [0.05, 0.1) is 24.9 Å². The molecule has 1 saturated heterocycles. The standard InChI is InChI=1S/C33H46O6/c1-6-7-8-9-10-11-12-30-22-37-33(39-24(30)4)29-19-15-27(16-20-29)26-13-17-28(18-14-26)32(35)38-25(5)31(34)36-21-23(2)3/h13-20,23-25,30,33H,6-12,21-22H2,1-5H3. The van der Waals surface area contributed by atoms with Crippen LogP contribution in [0.3, 0.4) is 0 Å². The van der Waals surface area contributed by atoms with Crippen LogP contribution in [0, 0.1) is 11.8 Å². The Kier molecular flexibility index (Phi) is 12.5. The van der Waals surface area contributed by atoms with E-state index in [4.69, 9.17) is 18.9 Å². The largest absolute Gasteiger partial charge is 0.463 e. The van der Waals surface area contributed by atoms with Gasteiger partial charge < -0.3 is 18.9 Å². The van der Waals surface area contributed by atoms with E-state index in [1.54, 1.807) is 12.1 Å². The van der Waals surface area contributed by atoms with Crippen LogP contribution in [0.2, 0.25) is 0 Å². The van der Waals surface area contributed by atoms with Crippen molar-refractivity contribution in [2.24, 2.45) is 11.8 Å². The van der Waals surface area contributed by atoms with Crippen molar-refractivity contribution in [1.82, 2.24) is 0 Å². The molecule has 0 radical (unpaired) electrons. The van der Waals surface area contributed by atoms with E-state index in [0.717, 1.165) is 29.7 Å². The van der Waals surface area contributed by atoms with Gasteiger partial charge in [0.15, 0.2) is 12.4 Å². The van der Waals surface area contributed by atoms with Gasteiger partial charge >= 0.3 is 11.9 Å². The number of ether oxygens (including phenoxy) is 4. The second-order valence-corrected chi connectivity index (χ2v) is 11.1. The summed E-state index contributed by atoms with van der Waals surface area (Å²) in [4.78, 5) is 24.5. The molecule has 0 N–H and O–H groups in total. The molecule has 4 atom stereocenters. The van der Waals surface area contributed by atoms with E-state index >= 15 is 0 Å². The van der Waals surface area contributed by atoms with Crippen LogP contribution in [-0.2, 0) is 23.7 Å². The maximum atomic E-state index is 12.5. The Morgan fingerprint density at radius 1 is 0.897 bits per heavy atom. The lowest BCUT2D eigenvalue weighted by Crippen LogP contribution is -2.34. The predicted octanol–water partition coefficient (Wildman–Crippen LogP) is 7.90. The number of unbranched alkanes of at least 4 members (excludes halogenated alkanes) is 5. The normalized spacial score (nSPS) is 20.0. The summed E-state index contributed by atoms with van der Waals surface area (Å²) in [6, 6.07) is 15.3. The van der Waals surface area contributed by atoms with E-state index in [0.29, 0.717) is 18.1 Å². The molecule has 6 heteroatoms. The number of benzene rings is 2. The summed E-state index contributed by atoms with van der Waals surface area (Å²) in [6.07, 6.45) is 7.85. The number of hydrogen-bond acceptors (Lipinski definition) is 6. The summed E-state index contributed by atoms with van der Waals surface area (Å²) in [5.74, 6) is -0.425. The van der Waals surface area contributed by atoms with Crippen molar-refractivity contribution in [3.63, 3.8) is 0 Å². The minimum Gasteiger partial charge on any atom is -0.463 e. The molecule has 1 aliphatic rings. The Hall–Kier alpha value is -2.70. The molecule has 214 valence electrons. The van der Waals surface area contributed by atoms with E-state index in [2.05, 4.69) is 13.8 Å². The van der Waals surface area contributed by atoms with Gasteiger partial charge in [-0.2, -0.15) is 0 Å². The molecule has 1 aliphatic heterocycles. The van der Waals surface area contributed by atoms with Gasteiger partial charge in [-0.15, -0.1) is 0 Å². The minimum absolute atomic E-state index is 0.172. The first-order valence-electron chi connectivity index (χ1n) is 14.6. The third-order valence-corrected chi connectivity index (χ3v) is 7.20. The third kappa shape index (κ3) is 9.77. The van der Waals surface area contributed by atoms with E-state index in [-0.39, 0.29) is 18.3 Å². The second-order valence-electron chi connectivity index (χ2n) is 11.1. The Balaban J connectivity index is 1.48. The first-order valence-corrected chi connectivity index (χ1v) is 14.6. The van der Waals surface area contributed by atoms with Crippen LogP contribution < -0.4 is 0 Å². The number of rotatable bonds is 14. The molecule has 0 saturated carbocycles. The van der Waals surface area contributed by atoms with Crippen LogP contribution in [-0.4, -0.2) is 37.4 Å². The first-order chi connectivity index (χ1) is 18.8. The van der Waals surface area contributed by atoms with Crippen molar-refractivity contribution >= 4 is 11.9 Å². The van der Waals surface area contributed by atoms with Gasteiger partial charge in [-0.1, -0.05) is 95.7 Å². The molecule has 0 aliphatic carbocycles. The van der Waals surface area contributed by atoms with Gasteiger partial charge in [0.2, 0.25) is 0 Å². The molecule has 2 aromatic rings. The number of carbonyl (C=O) groups excluding carboxylic acids is 2. The van der Waals surface area contributed by atoms with Crippen LogP contribution in [0.4, 0.5) is 0 Å². The van der Waals surface area contributed by atoms with Crippen molar-refractivity contribution in [3.8, 4) is 11.1 Å².